The third-order valence-corrected chi connectivity index (χ3v) is 6.30. The van der Waals surface area contributed by atoms with Crippen LogP contribution in [0.15, 0.2) is 41.3 Å². The highest BCUT2D eigenvalue weighted by Crippen LogP contribution is 2.29. The Kier molecular flexibility index (Phi) is 6.51. The summed E-state index contributed by atoms with van der Waals surface area (Å²) in [5.41, 5.74) is 2.05. The quantitative estimate of drug-likeness (QED) is 0.398. The van der Waals surface area contributed by atoms with Crippen molar-refractivity contribution < 1.29 is 18.7 Å². The first kappa shape index (κ1) is 23.0. The van der Waals surface area contributed by atoms with Crippen LogP contribution in [0.1, 0.15) is 50.4 Å². The number of amides is 1. The smallest absolute Gasteiger partial charge is 0.254 e. The molecule has 1 aliphatic carbocycles. The Morgan fingerprint density at radius 2 is 2.12 bits per heavy atom. The van der Waals surface area contributed by atoms with Gasteiger partial charge in [0.15, 0.2) is 12.0 Å². The number of pyridine rings is 1. The van der Waals surface area contributed by atoms with Gasteiger partial charge in [-0.25, -0.2) is 14.4 Å². The van der Waals surface area contributed by atoms with E-state index in [4.69, 9.17) is 4.42 Å². The fourth-order valence-corrected chi connectivity index (χ4v) is 3.77. The molecule has 3 atom stereocenters. The Morgan fingerprint density at radius 1 is 1.30 bits per heavy atom. The van der Waals surface area contributed by atoms with E-state index in [0.29, 0.717) is 42.0 Å². The van der Waals surface area contributed by atoms with Gasteiger partial charge in [0, 0.05) is 36.5 Å². The van der Waals surface area contributed by atoms with Crippen LogP contribution in [0.5, 0.6) is 0 Å². The largest absolute Gasteiger partial charge is 0.443 e. The maximum atomic E-state index is 14.3. The van der Waals surface area contributed by atoms with Crippen LogP contribution in [0.3, 0.4) is 0 Å². The summed E-state index contributed by atoms with van der Waals surface area (Å²) >= 11 is 0. The van der Waals surface area contributed by atoms with Crippen LogP contribution in [0, 0.1) is 5.92 Å². The number of hydrogen-bond donors (Lipinski definition) is 4. The number of nitrogens with one attached hydrogen (secondary N) is 3. The number of carbonyl (C=O) groups is 1. The summed E-state index contributed by atoms with van der Waals surface area (Å²) in [6, 6.07) is 6.85. The highest BCUT2D eigenvalue weighted by Gasteiger charge is 2.29. The third-order valence-electron chi connectivity index (χ3n) is 6.30. The molecule has 1 aromatic carbocycles. The molecule has 3 aromatic rings. The van der Waals surface area contributed by atoms with Gasteiger partial charge >= 0.3 is 0 Å². The Bertz CT molecular complexity index is 1130. The van der Waals surface area contributed by atoms with Crippen molar-refractivity contribution in [1.82, 2.24) is 15.3 Å². The fraction of sp³-hybridized carbons (Fsp3) is 0.458. The number of aliphatic hydroxyl groups is 1. The second-order valence-electron chi connectivity index (χ2n) is 9.24. The molecule has 176 valence electrons. The van der Waals surface area contributed by atoms with E-state index in [-0.39, 0.29) is 17.9 Å². The average molecular weight is 456 g/mol. The van der Waals surface area contributed by atoms with Gasteiger partial charge in [-0.15, -0.1) is 0 Å². The maximum absolute atomic E-state index is 14.3. The molecule has 2 unspecified atom stereocenters. The van der Waals surface area contributed by atoms with Crippen molar-refractivity contribution in [3.8, 4) is 0 Å². The van der Waals surface area contributed by atoms with Crippen LogP contribution < -0.4 is 16.0 Å². The Balaban J connectivity index is 1.56. The molecule has 2 aromatic heterocycles. The van der Waals surface area contributed by atoms with Gasteiger partial charge in [0.05, 0.1) is 22.9 Å². The van der Waals surface area contributed by atoms with Gasteiger partial charge in [0.25, 0.3) is 5.91 Å². The number of oxazole rings is 1. The van der Waals surface area contributed by atoms with Crippen LogP contribution in [0.25, 0.3) is 11.1 Å². The molecular formula is C24H30FN5O3. The van der Waals surface area contributed by atoms with E-state index in [0.717, 1.165) is 17.6 Å². The fourth-order valence-electron chi connectivity index (χ4n) is 3.77. The second kappa shape index (κ2) is 9.35. The molecule has 0 radical (unpaired) electrons. The molecule has 33 heavy (non-hydrogen) atoms. The highest BCUT2D eigenvalue weighted by molar-refractivity contribution is 6.00. The van der Waals surface area contributed by atoms with Crippen molar-refractivity contribution in [2.24, 2.45) is 5.92 Å². The van der Waals surface area contributed by atoms with Crippen molar-refractivity contribution in [2.45, 2.75) is 57.8 Å². The first-order valence-electron chi connectivity index (χ1n) is 11.2. The summed E-state index contributed by atoms with van der Waals surface area (Å²) in [6.45, 7) is 5.57. The minimum Gasteiger partial charge on any atom is -0.443 e. The van der Waals surface area contributed by atoms with Gasteiger partial charge in [0.2, 0.25) is 0 Å². The highest BCUT2D eigenvalue weighted by atomic mass is 19.1. The standard InChI is InChI=1S/C24H30FN5O3/c1-14(24(2,3)32)11-27-23(31)16-12-26-22(10-20(16)30-18-6-4-5-17(18)25)29-15-7-8-19-21(9-15)33-13-28-19/h7-10,12-14,17-18,32H,4-6,11H2,1-3H3,(H,27,31)(H2,26,29,30)/t14?,17?,18-/m1/s1. The number of carbonyl (C=O) groups excluding carboxylic acids is 1. The Morgan fingerprint density at radius 3 is 2.85 bits per heavy atom. The lowest BCUT2D eigenvalue weighted by atomic mass is 9.93. The predicted molar refractivity (Wildman–Crippen MR) is 125 cm³/mol. The SMILES string of the molecule is CC(CNC(=O)c1cnc(Nc2ccc3ncoc3c2)cc1N[C@@H]1CCCC1F)C(C)(C)O. The van der Waals surface area contributed by atoms with E-state index in [1.54, 1.807) is 19.9 Å². The Hall–Kier alpha value is -3.20. The average Bonchev–Trinajstić information content (AvgIpc) is 3.39. The molecule has 8 nitrogen and oxygen atoms in total. The molecule has 1 aliphatic rings. The normalized spacial score (nSPS) is 19.4. The minimum atomic E-state index is -0.963. The first-order chi connectivity index (χ1) is 15.7. The van der Waals surface area contributed by atoms with Crippen LogP contribution in [0.2, 0.25) is 0 Å². The van der Waals surface area contributed by atoms with Crippen molar-refractivity contribution in [3.63, 3.8) is 0 Å². The van der Waals surface area contributed by atoms with Crippen molar-refractivity contribution in [2.75, 3.05) is 17.2 Å². The molecular weight excluding hydrogens is 425 g/mol. The van der Waals surface area contributed by atoms with Crippen LogP contribution in [-0.4, -0.2) is 45.3 Å². The molecule has 0 spiro atoms. The minimum absolute atomic E-state index is 0.150. The summed E-state index contributed by atoms with van der Waals surface area (Å²) in [7, 11) is 0. The zero-order chi connectivity index (χ0) is 23.6. The molecule has 1 saturated carbocycles. The number of halogens is 1. The van der Waals surface area contributed by atoms with Gasteiger partial charge in [0.1, 0.15) is 17.5 Å². The van der Waals surface area contributed by atoms with Crippen LogP contribution in [0.4, 0.5) is 21.6 Å². The summed E-state index contributed by atoms with van der Waals surface area (Å²) < 4.78 is 19.7. The zero-order valence-corrected chi connectivity index (χ0v) is 19.1. The van der Waals surface area contributed by atoms with E-state index in [9.17, 15) is 14.3 Å². The predicted octanol–water partition coefficient (Wildman–Crippen LogP) is 4.41. The monoisotopic (exact) mass is 455 g/mol. The zero-order valence-electron chi connectivity index (χ0n) is 19.1. The number of hydrogen-bond acceptors (Lipinski definition) is 7. The molecule has 0 bridgehead atoms. The summed E-state index contributed by atoms with van der Waals surface area (Å²) in [5, 5.41) is 19.4. The maximum Gasteiger partial charge on any atom is 0.254 e. The molecule has 4 N–H and O–H groups in total. The van der Waals surface area contributed by atoms with E-state index in [1.807, 2.05) is 25.1 Å². The topological polar surface area (TPSA) is 112 Å². The van der Waals surface area contributed by atoms with Crippen molar-refractivity contribution >= 4 is 34.2 Å². The number of alkyl halides is 1. The first-order valence-corrected chi connectivity index (χ1v) is 11.2. The lowest BCUT2D eigenvalue weighted by Crippen LogP contribution is -2.39. The number of fused-ring (bicyclic) bond motifs is 1. The second-order valence-corrected chi connectivity index (χ2v) is 9.24. The number of nitrogens with zero attached hydrogens (tertiary/aromatic N) is 2. The molecule has 2 heterocycles. The Labute approximate surface area is 192 Å². The van der Waals surface area contributed by atoms with E-state index in [2.05, 4.69) is 25.9 Å². The molecule has 1 fully saturated rings. The van der Waals surface area contributed by atoms with Gasteiger partial charge in [-0.1, -0.05) is 6.92 Å². The van der Waals surface area contributed by atoms with Gasteiger partial charge in [-0.3, -0.25) is 4.79 Å². The van der Waals surface area contributed by atoms with Crippen LogP contribution in [-0.2, 0) is 0 Å². The third kappa shape index (κ3) is 5.42. The van der Waals surface area contributed by atoms with Crippen molar-refractivity contribution in [3.05, 3.63) is 42.4 Å². The van der Waals surface area contributed by atoms with E-state index >= 15 is 0 Å². The number of rotatable bonds is 8. The van der Waals surface area contributed by atoms with E-state index in [1.165, 1.54) is 12.6 Å². The molecule has 0 saturated heterocycles. The number of aromatic nitrogens is 2. The van der Waals surface area contributed by atoms with Gasteiger partial charge in [-0.2, -0.15) is 0 Å². The summed E-state index contributed by atoms with van der Waals surface area (Å²) in [6.07, 6.45) is 3.91. The van der Waals surface area contributed by atoms with Gasteiger partial charge in [-0.05, 0) is 45.2 Å². The summed E-state index contributed by atoms with van der Waals surface area (Å²) in [5.74, 6) is 0.0261. The number of anilines is 3. The lowest BCUT2D eigenvalue weighted by molar-refractivity contribution is 0.0252. The van der Waals surface area contributed by atoms with Crippen LogP contribution >= 0.6 is 0 Å². The molecule has 4 rings (SSSR count). The van der Waals surface area contributed by atoms with Gasteiger partial charge < -0.3 is 25.5 Å². The molecule has 1 amide bonds. The number of benzene rings is 1. The lowest BCUT2D eigenvalue weighted by Gasteiger charge is -2.26. The summed E-state index contributed by atoms with van der Waals surface area (Å²) in [4.78, 5) is 21.4. The molecule has 9 heteroatoms. The van der Waals surface area contributed by atoms with E-state index < -0.39 is 11.8 Å². The molecule has 0 aliphatic heterocycles. The van der Waals surface area contributed by atoms with Crippen molar-refractivity contribution in [1.29, 1.82) is 0 Å².